The molecule has 0 fully saturated rings. The van der Waals surface area contributed by atoms with Gasteiger partial charge in [-0.2, -0.15) is 0 Å². The summed E-state index contributed by atoms with van der Waals surface area (Å²) in [6.07, 6.45) is 0. The van der Waals surface area contributed by atoms with Crippen LogP contribution < -0.4 is 20.9 Å². The van der Waals surface area contributed by atoms with Gasteiger partial charge in [0, 0.05) is 44.1 Å². The number of nitrogens with zero attached hydrogens (tertiary/aromatic N) is 3. The third-order valence-electron chi connectivity index (χ3n) is 13.1. The molecule has 0 unspecified atom stereocenters. The normalized spacial score (nSPS) is 14.2. The Balaban J connectivity index is 1.11. The van der Waals surface area contributed by atoms with Gasteiger partial charge in [-0.3, -0.25) is 0 Å². The zero-order chi connectivity index (χ0) is 39.3. The molecule has 278 valence electrons. The smallest absolute Gasteiger partial charge is 0.203 e. The third kappa shape index (κ3) is 4.69. The molecular formula is C55H39N3Si. The number of fused-ring (bicyclic) bond motifs is 10. The Morgan fingerprint density at radius 3 is 1.80 bits per heavy atom. The molecule has 10 aromatic rings. The molecule has 2 aliphatic rings. The second-order valence-electron chi connectivity index (χ2n) is 16.5. The van der Waals surface area contributed by atoms with Crippen LogP contribution in [0.1, 0.15) is 25.0 Å². The van der Waals surface area contributed by atoms with Crippen molar-refractivity contribution in [2.75, 3.05) is 0 Å². The lowest BCUT2D eigenvalue weighted by Gasteiger charge is -2.30. The molecule has 12 rings (SSSR count). The summed E-state index contributed by atoms with van der Waals surface area (Å²) in [5.74, 6) is 0.740. The van der Waals surface area contributed by atoms with Crippen molar-refractivity contribution in [3.8, 4) is 50.6 Å². The zero-order valence-electron chi connectivity index (χ0n) is 32.9. The van der Waals surface area contributed by atoms with Crippen LogP contribution in [0.15, 0.2) is 200 Å². The fraction of sp³-hybridized carbons (Fsp3) is 0.0545. The van der Waals surface area contributed by atoms with Gasteiger partial charge < -0.3 is 4.57 Å². The molecule has 0 amide bonds. The van der Waals surface area contributed by atoms with Gasteiger partial charge in [0.15, 0.2) is 5.82 Å². The van der Waals surface area contributed by atoms with Crippen molar-refractivity contribution < 1.29 is 0 Å². The zero-order valence-corrected chi connectivity index (χ0v) is 33.9. The number of rotatable bonds is 5. The lowest BCUT2D eigenvalue weighted by atomic mass is 9.82. The van der Waals surface area contributed by atoms with E-state index in [9.17, 15) is 0 Å². The minimum absolute atomic E-state index is 0.0929. The molecular weight excluding hydrogens is 731 g/mol. The lowest BCUT2D eigenvalue weighted by molar-refractivity contribution is 0.661. The summed E-state index contributed by atoms with van der Waals surface area (Å²) in [6, 6.07) is 73.3. The SMILES string of the molecule is CC1(C)c2ccccc2-c2c1ccc1c3ccccc3n(-c3ccc(-c4nc(-c5ccccc5)c5c(n4)[Si](c4ccccc4)(c4ccccc4)c4ccccc4-5)cc3)c21. The van der Waals surface area contributed by atoms with E-state index in [1.165, 1.54) is 65.2 Å². The molecule has 0 N–H and O–H groups in total. The highest BCUT2D eigenvalue weighted by molar-refractivity contribution is 7.21. The van der Waals surface area contributed by atoms with Crippen molar-refractivity contribution >= 4 is 50.8 Å². The lowest BCUT2D eigenvalue weighted by Crippen LogP contribution is -2.73. The molecule has 0 spiro atoms. The molecule has 0 saturated heterocycles. The van der Waals surface area contributed by atoms with Gasteiger partial charge in [-0.1, -0.05) is 184 Å². The molecule has 0 atom stereocenters. The highest BCUT2D eigenvalue weighted by Crippen LogP contribution is 2.53. The van der Waals surface area contributed by atoms with Gasteiger partial charge in [0.2, 0.25) is 8.07 Å². The minimum atomic E-state index is -2.88. The van der Waals surface area contributed by atoms with Gasteiger partial charge in [0.25, 0.3) is 0 Å². The Morgan fingerprint density at radius 2 is 1.07 bits per heavy atom. The van der Waals surface area contributed by atoms with E-state index in [-0.39, 0.29) is 5.41 Å². The molecule has 0 bridgehead atoms. The predicted molar refractivity (Wildman–Crippen MR) is 247 cm³/mol. The van der Waals surface area contributed by atoms with E-state index in [0.717, 1.165) is 39.2 Å². The molecule has 3 heterocycles. The second-order valence-corrected chi connectivity index (χ2v) is 20.1. The molecule has 4 heteroatoms. The molecule has 59 heavy (non-hydrogen) atoms. The summed E-state index contributed by atoms with van der Waals surface area (Å²) in [7, 11) is -2.88. The maximum absolute atomic E-state index is 5.76. The molecule has 1 aliphatic carbocycles. The van der Waals surface area contributed by atoms with Crippen LogP contribution in [-0.4, -0.2) is 22.6 Å². The third-order valence-corrected chi connectivity index (χ3v) is 17.8. The second kappa shape index (κ2) is 12.7. The first kappa shape index (κ1) is 33.9. The van der Waals surface area contributed by atoms with Crippen molar-refractivity contribution in [3.63, 3.8) is 0 Å². The molecule has 0 saturated carbocycles. The Bertz CT molecular complexity index is 3240. The van der Waals surface area contributed by atoms with Gasteiger partial charge in [-0.05, 0) is 68.1 Å². The summed E-state index contributed by atoms with van der Waals surface area (Å²) < 4.78 is 2.48. The van der Waals surface area contributed by atoms with Gasteiger partial charge in [0.1, 0.15) is 0 Å². The van der Waals surface area contributed by atoms with Crippen LogP contribution in [0.3, 0.4) is 0 Å². The van der Waals surface area contributed by atoms with Crippen LogP contribution in [0, 0.1) is 0 Å². The molecule has 3 nitrogen and oxygen atoms in total. The number of hydrogen-bond donors (Lipinski definition) is 0. The number of hydrogen-bond acceptors (Lipinski definition) is 2. The van der Waals surface area contributed by atoms with Crippen LogP contribution in [0.5, 0.6) is 0 Å². The van der Waals surface area contributed by atoms with Crippen LogP contribution >= 0.6 is 0 Å². The fourth-order valence-corrected chi connectivity index (χ4v) is 15.5. The molecule has 0 radical (unpaired) electrons. The Kier molecular flexibility index (Phi) is 7.29. The van der Waals surface area contributed by atoms with E-state index >= 15 is 0 Å². The number of benzene rings is 8. The van der Waals surface area contributed by atoms with E-state index in [1.54, 1.807) is 0 Å². The first-order valence-electron chi connectivity index (χ1n) is 20.5. The Hall–Kier alpha value is -7.14. The first-order valence-corrected chi connectivity index (χ1v) is 22.5. The molecule has 2 aromatic heterocycles. The largest absolute Gasteiger partial charge is 0.309 e. The van der Waals surface area contributed by atoms with Crippen LogP contribution in [-0.2, 0) is 5.41 Å². The van der Waals surface area contributed by atoms with Gasteiger partial charge in [0.05, 0.1) is 22.0 Å². The first-order chi connectivity index (χ1) is 29.0. The van der Waals surface area contributed by atoms with E-state index in [0.29, 0.717) is 0 Å². The standard InChI is InChI=1S/C55H39N3Si/c1-55(2)45-27-15-12-25-43(45)49-46(55)35-34-42-41-24-13-16-28-47(41)58(52(42)49)38-32-30-37(31-33-38)53-56-51(36-18-6-3-7-19-36)50-44-26-14-17-29-48(44)59(54(50)57-53,39-20-8-4-9-21-39)40-22-10-5-11-23-40/h3-35H,1-2H3. The van der Waals surface area contributed by atoms with Crippen molar-refractivity contribution in [2.45, 2.75) is 19.3 Å². The highest BCUT2D eigenvalue weighted by atomic mass is 28.3. The highest BCUT2D eigenvalue weighted by Gasteiger charge is 2.51. The van der Waals surface area contributed by atoms with Crippen molar-refractivity contribution in [1.29, 1.82) is 0 Å². The van der Waals surface area contributed by atoms with E-state index in [4.69, 9.17) is 9.97 Å². The van der Waals surface area contributed by atoms with E-state index in [2.05, 4.69) is 219 Å². The van der Waals surface area contributed by atoms with E-state index in [1.807, 2.05) is 0 Å². The van der Waals surface area contributed by atoms with Crippen LogP contribution in [0.2, 0.25) is 0 Å². The maximum atomic E-state index is 5.76. The van der Waals surface area contributed by atoms with Crippen molar-refractivity contribution in [2.24, 2.45) is 0 Å². The molecule has 8 aromatic carbocycles. The summed E-state index contributed by atoms with van der Waals surface area (Å²) in [5, 5.41) is 7.67. The Morgan fingerprint density at radius 1 is 0.458 bits per heavy atom. The number of aromatic nitrogens is 3. The average Bonchev–Trinajstić information content (AvgIpc) is 3.88. The van der Waals surface area contributed by atoms with Crippen molar-refractivity contribution in [3.05, 3.63) is 211 Å². The molecule has 1 aliphatic heterocycles. The topological polar surface area (TPSA) is 30.7 Å². The fourth-order valence-electron chi connectivity index (χ4n) is 10.5. The van der Waals surface area contributed by atoms with Crippen LogP contribution in [0.4, 0.5) is 0 Å². The number of para-hydroxylation sites is 1. The van der Waals surface area contributed by atoms with Gasteiger partial charge in [-0.15, -0.1) is 0 Å². The predicted octanol–water partition coefficient (Wildman–Crippen LogP) is 10.6. The summed E-state index contributed by atoms with van der Waals surface area (Å²) in [5.41, 5.74) is 14.3. The summed E-state index contributed by atoms with van der Waals surface area (Å²) in [6.45, 7) is 4.72. The van der Waals surface area contributed by atoms with Gasteiger partial charge in [-0.25, -0.2) is 9.97 Å². The van der Waals surface area contributed by atoms with E-state index < -0.39 is 8.07 Å². The maximum Gasteiger partial charge on any atom is 0.203 e. The average molecular weight is 770 g/mol. The van der Waals surface area contributed by atoms with Crippen molar-refractivity contribution in [1.82, 2.24) is 14.5 Å². The van der Waals surface area contributed by atoms with Gasteiger partial charge >= 0.3 is 0 Å². The summed E-state index contributed by atoms with van der Waals surface area (Å²) in [4.78, 5) is 11.3. The summed E-state index contributed by atoms with van der Waals surface area (Å²) >= 11 is 0. The minimum Gasteiger partial charge on any atom is -0.309 e. The Labute approximate surface area is 345 Å². The monoisotopic (exact) mass is 769 g/mol. The van der Waals surface area contributed by atoms with Crippen LogP contribution in [0.25, 0.3) is 72.4 Å². The quantitative estimate of drug-likeness (QED) is 0.163.